The predicted octanol–water partition coefficient (Wildman–Crippen LogP) is 3.90. The number of H-pyrrole nitrogens is 1. The molecule has 0 radical (unpaired) electrons. The summed E-state index contributed by atoms with van der Waals surface area (Å²) in [5.41, 5.74) is 2.84. The van der Waals surface area contributed by atoms with Gasteiger partial charge in [0.15, 0.2) is 5.76 Å². The first-order valence-electron chi connectivity index (χ1n) is 8.80. The van der Waals surface area contributed by atoms with Gasteiger partial charge in [-0.25, -0.2) is 4.98 Å². The monoisotopic (exact) mass is 374 g/mol. The van der Waals surface area contributed by atoms with Crippen molar-refractivity contribution in [3.63, 3.8) is 0 Å². The fourth-order valence-corrected chi connectivity index (χ4v) is 2.83. The third kappa shape index (κ3) is 3.64. The zero-order chi connectivity index (χ0) is 19.5. The Hall–Kier alpha value is -3.87. The summed E-state index contributed by atoms with van der Waals surface area (Å²) in [6, 6.07) is 17.3. The van der Waals surface area contributed by atoms with Crippen molar-refractivity contribution >= 4 is 28.5 Å². The SMILES string of the molecule is C[C@H](NC(=O)c1ccc(NC(=O)c2ccco2)cc1)c1nc2ccccc2[nH]1. The highest BCUT2D eigenvalue weighted by atomic mass is 16.3. The minimum Gasteiger partial charge on any atom is -0.459 e. The molecule has 7 nitrogen and oxygen atoms in total. The summed E-state index contributed by atoms with van der Waals surface area (Å²) in [4.78, 5) is 32.2. The van der Waals surface area contributed by atoms with Crippen molar-refractivity contribution in [1.29, 1.82) is 0 Å². The Balaban J connectivity index is 1.41. The van der Waals surface area contributed by atoms with Crippen LogP contribution >= 0.6 is 0 Å². The van der Waals surface area contributed by atoms with Crippen molar-refractivity contribution in [1.82, 2.24) is 15.3 Å². The summed E-state index contributed by atoms with van der Waals surface area (Å²) in [5.74, 6) is 0.343. The number of aromatic amines is 1. The lowest BCUT2D eigenvalue weighted by atomic mass is 10.1. The molecule has 0 aliphatic rings. The molecule has 2 amide bonds. The largest absolute Gasteiger partial charge is 0.459 e. The summed E-state index contributed by atoms with van der Waals surface area (Å²) in [5, 5.41) is 5.63. The van der Waals surface area contributed by atoms with Crippen LogP contribution in [0, 0.1) is 0 Å². The number of imidazole rings is 1. The van der Waals surface area contributed by atoms with Crippen LogP contribution in [-0.2, 0) is 0 Å². The summed E-state index contributed by atoms with van der Waals surface area (Å²) in [6.07, 6.45) is 1.44. The standard InChI is InChI=1S/C21H18N4O3/c1-13(19-24-16-5-2-3-6-17(16)25-19)22-20(26)14-8-10-15(11-9-14)23-21(27)18-7-4-12-28-18/h2-13H,1H3,(H,22,26)(H,23,27)(H,24,25)/t13-/m0/s1. The Kier molecular flexibility index (Phi) is 4.63. The summed E-state index contributed by atoms with van der Waals surface area (Å²) >= 11 is 0. The van der Waals surface area contributed by atoms with Crippen molar-refractivity contribution in [3.8, 4) is 0 Å². The van der Waals surface area contributed by atoms with Crippen LogP contribution in [-0.4, -0.2) is 21.8 Å². The normalized spacial score (nSPS) is 11.9. The third-order valence-corrected chi connectivity index (χ3v) is 4.32. The second-order valence-corrected chi connectivity index (χ2v) is 6.34. The van der Waals surface area contributed by atoms with Crippen LogP contribution in [0.2, 0.25) is 0 Å². The van der Waals surface area contributed by atoms with E-state index in [1.54, 1.807) is 36.4 Å². The number of nitrogens with zero attached hydrogens (tertiary/aromatic N) is 1. The highest BCUT2D eigenvalue weighted by Crippen LogP contribution is 2.17. The molecule has 2 aromatic heterocycles. The van der Waals surface area contributed by atoms with Crippen LogP contribution < -0.4 is 10.6 Å². The van der Waals surface area contributed by atoms with Crippen LogP contribution in [0.1, 0.15) is 39.7 Å². The number of hydrogen-bond acceptors (Lipinski definition) is 4. The molecule has 0 unspecified atom stereocenters. The number of furan rings is 1. The second-order valence-electron chi connectivity index (χ2n) is 6.34. The number of carbonyl (C=O) groups excluding carboxylic acids is 2. The summed E-state index contributed by atoms with van der Waals surface area (Å²) < 4.78 is 5.05. The molecule has 0 bridgehead atoms. The van der Waals surface area contributed by atoms with Crippen molar-refractivity contribution in [3.05, 3.63) is 84.1 Å². The fourth-order valence-electron chi connectivity index (χ4n) is 2.83. The summed E-state index contributed by atoms with van der Waals surface area (Å²) in [7, 11) is 0. The van der Waals surface area contributed by atoms with Crippen LogP contribution in [0.25, 0.3) is 11.0 Å². The van der Waals surface area contributed by atoms with E-state index in [1.807, 2.05) is 31.2 Å². The summed E-state index contributed by atoms with van der Waals surface area (Å²) in [6.45, 7) is 1.87. The van der Waals surface area contributed by atoms with Crippen LogP contribution in [0.15, 0.2) is 71.3 Å². The second kappa shape index (κ2) is 7.40. The molecule has 0 saturated carbocycles. The Morgan fingerprint density at radius 3 is 2.50 bits per heavy atom. The van der Waals surface area contributed by atoms with Crippen LogP contribution in [0.5, 0.6) is 0 Å². The Bertz CT molecular complexity index is 1080. The molecule has 0 spiro atoms. The third-order valence-electron chi connectivity index (χ3n) is 4.32. The van der Waals surface area contributed by atoms with Gasteiger partial charge in [0.2, 0.25) is 0 Å². The van der Waals surface area contributed by atoms with Gasteiger partial charge < -0.3 is 20.0 Å². The molecule has 2 aromatic carbocycles. The van der Waals surface area contributed by atoms with Gasteiger partial charge in [-0.15, -0.1) is 0 Å². The van der Waals surface area contributed by atoms with E-state index in [0.717, 1.165) is 11.0 Å². The van der Waals surface area contributed by atoms with E-state index >= 15 is 0 Å². The van der Waals surface area contributed by atoms with E-state index in [0.29, 0.717) is 17.1 Å². The molecular formula is C21H18N4O3. The average Bonchev–Trinajstić information content (AvgIpc) is 3.38. The van der Waals surface area contributed by atoms with E-state index in [4.69, 9.17) is 4.42 Å². The lowest BCUT2D eigenvalue weighted by molar-refractivity contribution is 0.0937. The minimum atomic E-state index is -0.347. The van der Waals surface area contributed by atoms with Crippen molar-refractivity contribution in [2.24, 2.45) is 0 Å². The maximum atomic E-state index is 12.5. The Morgan fingerprint density at radius 1 is 1.00 bits per heavy atom. The van der Waals surface area contributed by atoms with Crippen molar-refractivity contribution < 1.29 is 14.0 Å². The van der Waals surface area contributed by atoms with Gasteiger partial charge in [-0.3, -0.25) is 9.59 Å². The highest BCUT2D eigenvalue weighted by molar-refractivity contribution is 6.02. The molecule has 1 atom stereocenters. The highest BCUT2D eigenvalue weighted by Gasteiger charge is 2.15. The van der Waals surface area contributed by atoms with Crippen LogP contribution in [0.3, 0.4) is 0 Å². The smallest absolute Gasteiger partial charge is 0.291 e. The topological polar surface area (TPSA) is 100 Å². The lowest BCUT2D eigenvalue weighted by Crippen LogP contribution is -2.27. The van der Waals surface area contributed by atoms with Crippen molar-refractivity contribution in [2.75, 3.05) is 5.32 Å². The maximum Gasteiger partial charge on any atom is 0.291 e. The molecule has 4 rings (SSSR count). The minimum absolute atomic E-state index is 0.224. The van der Waals surface area contributed by atoms with E-state index in [-0.39, 0.29) is 23.6 Å². The number of benzene rings is 2. The van der Waals surface area contributed by atoms with Gasteiger partial charge in [0.1, 0.15) is 5.82 Å². The number of fused-ring (bicyclic) bond motifs is 1. The first-order valence-corrected chi connectivity index (χ1v) is 8.80. The maximum absolute atomic E-state index is 12.5. The number of rotatable bonds is 5. The molecule has 2 heterocycles. The molecule has 0 aliphatic carbocycles. The molecule has 0 fully saturated rings. The number of hydrogen-bond donors (Lipinski definition) is 3. The van der Waals surface area contributed by atoms with Crippen molar-refractivity contribution in [2.45, 2.75) is 13.0 Å². The van der Waals surface area contributed by atoms with Gasteiger partial charge in [-0.05, 0) is 55.5 Å². The zero-order valence-corrected chi connectivity index (χ0v) is 15.1. The molecule has 4 aromatic rings. The van der Waals surface area contributed by atoms with Gasteiger partial charge in [0.05, 0.1) is 23.3 Å². The first kappa shape index (κ1) is 17.5. The number of amides is 2. The number of anilines is 1. The van der Waals surface area contributed by atoms with Gasteiger partial charge in [0.25, 0.3) is 11.8 Å². The van der Waals surface area contributed by atoms with Crippen LogP contribution in [0.4, 0.5) is 5.69 Å². The molecule has 0 saturated heterocycles. The molecular weight excluding hydrogens is 356 g/mol. The number of para-hydroxylation sites is 2. The first-order chi connectivity index (χ1) is 13.6. The van der Waals surface area contributed by atoms with E-state index in [1.165, 1.54) is 6.26 Å². The number of carbonyl (C=O) groups is 2. The molecule has 7 heteroatoms. The Morgan fingerprint density at radius 2 is 1.79 bits per heavy atom. The number of nitrogens with one attached hydrogen (secondary N) is 3. The molecule has 3 N–H and O–H groups in total. The van der Waals surface area contributed by atoms with E-state index < -0.39 is 0 Å². The quantitative estimate of drug-likeness (QED) is 0.493. The Labute approximate surface area is 160 Å². The zero-order valence-electron chi connectivity index (χ0n) is 15.1. The fraction of sp³-hybridized carbons (Fsp3) is 0.0952. The molecule has 140 valence electrons. The molecule has 0 aliphatic heterocycles. The average molecular weight is 374 g/mol. The predicted molar refractivity (Wildman–Crippen MR) is 105 cm³/mol. The lowest BCUT2D eigenvalue weighted by Gasteiger charge is -2.12. The van der Waals surface area contributed by atoms with E-state index in [9.17, 15) is 9.59 Å². The van der Waals surface area contributed by atoms with Gasteiger partial charge in [-0.1, -0.05) is 12.1 Å². The molecule has 28 heavy (non-hydrogen) atoms. The van der Waals surface area contributed by atoms with Gasteiger partial charge in [0, 0.05) is 11.3 Å². The van der Waals surface area contributed by atoms with Gasteiger partial charge in [-0.2, -0.15) is 0 Å². The van der Waals surface area contributed by atoms with Gasteiger partial charge >= 0.3 is 0 Å². The van der Waals surface area contributed by atoms with E-state index in [2.05, 4.69) is 20.6 Å². The number of aromatic nitrogens is 2.